The molecule has 0 unspecified atom stereocenters. The van der Waals surface area contributed by atoms with Gasteiger partial charge in [0.15, 0.2) is 0 Å². The minimum Gasteiger partial charge on any atom is -0.244 e. The molecular weight excluding hydrogens is 314 g/mol. The van der Waals surface area contributed by atoms with E-state index in [-0.39, 0.29) is 0 Å². The van der Waals surface area contributed by atoms with Crippen molar-refractivity contribution in [2.24, 2.45) is 5.92 Å². The number of benzene rings is 2. The van der Waals surface area contributed by atoms with E-state index in [9.17, 15) is 0 Å². The van der Waals surface area contributed by atoms with Gasteiger partial charge >= 0.3 is 0 Å². The van der Waals surface area contributed by atoms with Gasteiger partial charge in [0.1, 0.15) is 5.52 Å². The summed E-state index contributed by atoms with van der Waals surface area (Å²) in [5.74, 6) is 0.549. The smallest absolute Gasteiger partial charge is 0.127 e. The minimum absolute atomic E-state index is 0.549. The molecule has 0 aliphatic carbocycles. The molecule has 1 heterocycles. The molecule has 4 heteroatoms. The van der Waals surface area contributed by atoms with Crippen molar-refractivity contribution in [2.75, 3.05) is 0 Å². The topological polar surface area (TPSA) is 30.7 Å². The number of halogens is 1. The van der Waals surface area contributed by atoms with Crippen molar-refractivity contribution in [3.05, 3.63) is 46.9 Å². The number of hydrogen-bond donors (Lipinski definition) is 0. The van der Waals surface area contributed by atoms with E-state index in [1.807, 2.05) is 22.9 Å². The van der Waals surface area contributed by atoms with Gasteiger partial charge in [0.2, 0.25) is 0 Å². The molecule has 0 N–H and O–H groups in total. The zero-order valence-electron chi connectivity index (χ0n) is 11.5. The molecule has 0 saturated heterocycles. The van der Waals surface area contributed by atoms with E-state index in [4.69, 9.17) is 0 Å². The van der Waals surface area contributed by atoms with Gasteiger partial charge in [0.25, 0.3) is 0 Å². The summed E-state index contributed by atoms with van der Waals surface area (Å²) in [5.41, 5.74) is 4.33. The molecule has 0 fully saturated rings. The predicted molar refractivity (Wildman–Crippen MR) is 85.5 cm³/mol. The summed E-state index contributed by atoms with van der Waals surface area (Å²) >= 11 is 3.68. The van der Waals surface area contributed by atoms with Crippen LogP contribution in [0.3, 0.4) is 0 Å². The van der Waals surface area contributed by atoms with Gasteiger partial charge in [-0.1, -0.05) is 55.5 Å². The summed E-state index contributed by atoms with van der Waals surface area (Å²) in [4.78, 5) is 0. The van der Waals surface area contributed by atoms with Gasteiger partial charge in [0.05, 0.1) is 9.99 Å². The maximum atomic E-state index is 4.32. The van der Waals surface area contributed by atoms with Crippen molar-refractivity contribution < 1.29 is 0 Å². The Balaban J connectivity index is 2.13. The lowest BCUT2D eigenvalue weighted by Crippen LogP contribution is -2.05. The van der Waals surface area contributed by atoms with Crippen LogP contribution in [0.1, 0.15) is 13.8 Å². The number of aromatic nitrogens is 3. The summed E-state index contributed by atoms with van der Waals surface area (Å²) in [6.07, 6.45) is 0. The van der Waals surface area contributed by atoms with Gasteiger partial charge in [-0.25, -0.2) is 4.68 Å². The van der Waals surface area contributed by atoms with E-state index >= 15 is 0 Å². The Bertz CT molecular complexity index is 732. The first kappa shape index (κ1) is 13.3. The highest BCUT2D eigenvalue weighted by molar-refractivity contribution is 9.10. The van der Waals surface area contributed by atoms with E-state index in [1.54, 1.807) is 0 Å². The first-order valence-electron chi connectivity index (χ1n) is 6.74. The molecule has 0 aliphatic heterocycles. The number of fused-ring (bicyclic) bond motifs is 1. The van der Waals surface area contributed by atoms with Crippen LogP contribution in [0.4, 0.5) is 0 Å². The van der Waals surface area contributed by atoms with Crippen LogP contribution >= 0.6 is 15.9 Å². The van der Waals surface area contributed by atoms with Crippen molar-refractivity contribution in [2.45, 2.75) is 20.4 Å². The molecule has 3 aromatic rings. The third kappa shape index (κ3) is 2.36. The van der Waals surface area contributed by atoms with Crippen molar-refractivity contribution >= 4 is 27.0 Å². The molecular formula is C16H16BrN3. The van der Waals surface area contributed by atoms with Gasteiger partial charge in [-0.2, -0.15) is 0 Å². The molecule has 3 rings (SSSR count). The van der Waals surface area contributed by atoms with Crippen molar-refractivity contribution in [3.8, 4) is 11.1 Å². The van der Waals surface area contributed by atoms with Crippen LogP contribution in [0.5, 0.6) is 0 Å². The van der Waals surface area contributed by atoms with Gasteiger partial charge < -0.3 is 0 Å². The number of hydrogen-bond acceptors (Lipinski definition) is 2. The molecule has 0 bridgehead atoms. The van der Waals surface area contributed by atoms with Gasteiger partial charge in [-0.05, 0) is 39.0 Å². The summed E-state index contributed by atoms with van der Waals surface area (Å²) < 4.78 is 2.98. The maximum Gasteiger partial charge on any atom is 0.127 e. The van der Waals surface area contributed by atoms with Crippen LogP contribution in [0, 0.1) is 5.92 Å². The van der Waals surface area contributed by atoms with E-state index in [2.05, 4.69) is 64.4 Å². The highest BCUT2D eigenvalue weighted by Crippen LogP contribution is 2.33. The molecule has 0 spiro atoms. The Labute approximate surface area is 126 Å². The predicted octanol–water partition coefficient (Wildman–Crippen LogP) is 4.52. The Morgan fingerprint density at radius 3 is 2.55 bits per heavy atom. The summed E-state index contributed by atoms with van der Waals surface area (Å²) in [6.45, 7) is 5.25. The van der Waals surface area contributed by atoms with E-state index in [0.717, 1.165) is 27.6 Å². The first-order valence-corrected chi connectivity index (χ1v) is 7.53. The van der Waals surface area contributed by atoms with Crippen LogP contribution in [0.2, 0.25) is 0 Å². The van der Waals surface area contributed by atoms with Crippen LogP contribution in [-0.4, -0.2) is 15.0 Å². The Kier molecular flexibility index (Phi) is 3.57. The molecule has 2 aromatic carbocycles. The molecule has 0 amide bonds. The Morgan fingerprint density at radius 1 is 1.10 bits per heavy atom. The molecule has 102 valence electrons. The zero-order valence-corrected chi connectivity index (χ0v) is 13.1. The molecule has 0 saturated carbocycles. The third-order valence-corrected chi connectivity index (χ3v) is 4.05. The quantitative estimate of drug-likeness (QED) is 0.707. The van der Waals surface area contributed by atoms with E-state index < -0.39 is 0 Å². The summed E-state index contributed by atoms with van der Waals surface area (Å²) in [5, 5.41) is 8.59. The molecule has 20 heavy (non-hydrogen) atoms. The lowest BCUT2D eigenvalue weighted by Gasteiger charge is -2.07. The normalized spacial score (nSPS) is 11.4. The second kappa shape index (κ2) is 5.37. The second-order valence-electron chi connectivity index (χ2n) is 5.33. The summed E-state index contributed by atoms with van der Waals surface area (Å²) in [6, 6.07) is 14.5. The standard InChI is InChI=1S/C16H16BrN3/c1-11(2)10-20-14-9-8-13(12-6-4-3-5-7-12)15(17)16(14)18-19-20/h3-9,11H,10H2,1-2H3. The van der Waals surface area contributed by atoms with E-state index in [0.29, 0.717) is 5.92 Å². The first-order chi connectivity index (χ1) is 9.66. The minimum atomic E-state index is 0.549. The van der Waals surface area contributed by atoms with Crippen LogP contribution in [0.25, 0.3) is 22.2 Å². The van der Waals surface area contributed by atoms with Gasteiger partial charge in [-0.15, -0.1) is 5.10 Å². The van der Waals surface area contributed by atoms with Gasteiger partial charge in [-0.3, -0.25) is 0 Å². The average molecular weight is 330 g/mol. The lowest BCUT2D eigenvalue weighted by atomic mass is 10.1. The fraction of sp³-hybridized carbons (Fsp3) is 0.250. The van der Waals surface area contributed by atoms with Crippen LogP contribution in [-0.2, 0) is 6.54 Å². The fourth-order valence-corrected chi connectivity index (χ4v) is 2.97. The highest BCUT2D eigenvalue weighted by atomic mass is 79.9. The lowest BCUT2D eigenvalue weighted by molar-refractivity contribution is 0.483. The van der Waals surface area contributed by atoms with Crippen molar-refractivity contribution in [3.63, 3.8) is 0 Å². The largest absolute Gasteiger partial charge is 0.244 e. The fourth-order valence-electron chi connectivity index (χ4n) is 2.33. The summed E-state index contributed by atoms with van der Waals surface area (Å²) in [7, 11) is 0. The zero-order chi connectivity index (χ0) is 14.1. The maximum absolute atomic E-state index is 4.32. The van der Waals surface area contributed by atoms with Crippen molar-refractivity contribution in [1.82, 2.24) is 15.0 Å². The van der Waals surface area contributed by atoms with Gasteiger partial charge in [0, 0.05) is 6.54 Å². The van der Waals surface area contributed by atoms with Crippen LogP contribution < -0.4 is 0 Å². The number of rotatable bonds is 3. The third-order valence-electron chi connectivity index (χ3n) is 3.25. The Morgan fingerprint density at radius 2 is 1.85 bits per heavy atom. The molecule has 1 aromatic heterocycles. The van der Waals surface area contributed by atoms with E-state index in [1.165, 1.54) is 5.56 Å². The molecule has 0 atom stereocenters. The van der Waals surface area contributed by atoms with Crippen molar-refractivity contribution in [1.29, 1.82) is 0 Å². The Hall–Kier alpha value is -1.68. The van der Waals surface area contributed by atoms with Crippen LogP contribution in [0.15, 0.2) is 46.9 Å². The highest BCUT2D eigenvalue weighted by Gasteiger charge is 2.13. The SMILES string of the molecule is CC(C)Cn1nnc2c(Br)c(-c3ccccc3)ccc21. The average Bonchev–Trinajstić information content (AvgIpc) is 2.84. The molecule has 0 aliphatic rings. The second-order valence-corrected chi connectivity index (χ2v) is 6.12. The molecule has 0 radical (unpaired) electrons. The molecule has 3 nitrogen and oxygen atoms in total. The number of nitrogens with zero attached hydrogens (tertiary/aromatic N) is 3. The monoisotopic (exact) mass is 329 g/mol.